The van der Waals surface area contributed by atoms with E-state index in [4.69, 9.17) is 5.11 Å². The summed E-state index contributed by atoms with van der Waals surface area (Å²) in [6.45, 7) is 9.43. The summed E-state index contributed by atoms with van der Waals surface area (Å²) in [6, 6.07) is 0.0452. The first-order valence-corrected chi connectivity index (χ1v) is 6.46. The Balaban J connectivity index is 1.90. The number of nitrogens with one attached hydrogen (secondary N) is 1. The second-order valence-electron chi connectivity index (χ2n) is 6.60. The Morgan fingerprint density at radius 2 is 1.78 bits per heavy atom. The van der Waals surface area contributed by atoms with Crippen LogP contribution < -0.4 is 5.32 Å². The zero-order valence-electron chi connectivity index (χ0n) is 11.5. The lowest BCUT2D eigenvalue weighted by molar-refractivity contribution is -0.141. The molecule has 0 aromatic heterocycles. The summed E-state index contributed by atoms with van der Waals surface area (Å²) < 4.78 is 0. The van der Waals surface area contributed by atoms with Crippen LogP contribution in [0.4, 0.5) is 4.79 Å². The summed E-state index contributed by atoms with van der Waals surface area (Å²) in [7, 11) is 0. The molecular formula is C13H22N2O3. The number of carboxylic acid groups (broad SMARTS) is 1. The van der Waals surface area contributed by atoms with Crippen molar-refractivity contribution in [2.45, 2.75) is 40.2 Å². The maximum atomic E-state index is 12.1. The Kier molecular flexibility index (Phi) is 2.83. The van der Waals surface area contributed by atoms with Crippen LogP contribution in [0.5, 0.6) is 0 Å². The second-order valence-corrected chi connectivity index (χ2v) is 6.60. The Morgan fingerprint density at radius 3 is 2.17 bits per heavy atom. The third-order valence-corrected chi connectivity index (χ3v) is 5.11. The van der Waals surface area contributed by atoms with Crippen molar-refractivity contribution < 1.29 is 14.7 Å². The van der Waals surface area contributed by atoms with Crippen LogP contribution >= 0.6 is 0 Å². The smallest absolute Gasteiger partial charge is 0.317 e. The Bertz CT molecular complexity index is 376. The molecule has 1 heterocycles. The van der Waals surface area contributed by atoms with Gasteiger partial charge in [0.05, 0.1) is 5.92 Å². The molecular weight excluding hydrogens is 232 g/mol. The van der Waals surface area contributed by atoms with Gasteiger partial charge in [0, 0.05) is 19.1 Å². The number of hydrogen-bond donors (Lipinski definition) is 2. The van der Waals surface area contributed by atoms with Crippen LogP contribution in [0.15, 0.2) is 0 Å². The van der Waals surface area contributed by atoms with E-state index in [9.17, 15) is 9.59 Å². The van der Waals surface area contributed by atoms with Crippen LogP contribution in [0.3, 0.4) is 0 Å². The zero-order valence-corrected chi connectivity index (χ0v) is 11.5. The van der Waals surface area contributed by atoms with Gasteiger partial charge in [0.2, 0.25) is 0 Å². The fourth-order valence-electron chi connectivity index (χ4n) is 2.92. The molecule has 2 fully saturated rings. The van der Waals surface area contributed by atoms with Gasteiger partial charge in [-0.1, -0.05) is 27.7 Å². The van der Waals surface area contributed by atoms with Gasteiger partial charge in [-0.3, -0.25) is 4.79 Å². The van der Waals surface area contributed by atoms with Crippen molar-refractivity contribution in [1.82, 2.24) is 10.2 Å². The van der Waals surface area contributed by atoms with Gasteiger partial charge in [0.25, 0.3) is 0 Å². The van der Waals surface area contributed by atoms with Gasteiger partial charge in [-0.05, 0) is 17.3 Å². The van der Waals surface area contributed by atoms with Gasteiger partial charge in [-0.2, -0.15) is 0 Å². The molecule has 5 nitrogen and oxygen atoms in total. The predicted octanol–water partition coefficient (Wildman–Crippen LogP) is 1.54. The summed E-state index contributed by atoms with van der Waals surface area (Å²) in [5, 5.41) is 11.9. The van der Waals surface area contributed by atoms with Crippen LogP contribution in [0.2, 0.25) is 0 Å². The number of hydrogen-bond acceptors (Lipinski definition) is 2. The van der Waals surface area contributed by atoms with Crippen molar-refractivity contribution in [3.8, 4) is 0 Å². The molecule has 0 spiro atoms. The molecule has 0 aromatic carbocycles. The lowest BCUT2D eigenvalue weighted by Gasteiger charge is -2.17. The van der Waals surface area contributed by atoms with Gasteiger partial charge < -0.3 is 15.3 Å². The molecule has 1 aliphatic carbocycles. The van der Waals surface area contributed by atoms with Gasteiger partial charge in [-0.15, -0.1) is 0 Å². The molecule has 5 heteroatoms. The molecule has 0 aromatic rings. The zero-order chi connectivity index (χ0) is 13.7. The number of urea groups is 1. The maximum absolute atomic E-state index is 12.1. The molecule has 102 valence electrons. The largest absolute Gasteiger partial charge is 0.481 e. The van der Waals surface area contributed by atoms with Gasteiger partial charge >= 0.3 is 12.0 Å². The number of nitrogens with zero attached hydrogens (tertiary/aromatic N) is 1. The SMILES string of the molecule is CC1(C)C(NC(=O)N2CCC(C(=O)O)C2)C1(C)C. The minimum Gasteiger partial charge on any atom is -0.481 e. The average Bonchev–Trinajstić information content (AvgIpc) is 2.68. The van der Waals surface area contributed by atoms with Crippen molar-refractivity contribution in [2.75, 3.05) is 13.1 Å². The van der Waals surface area contributed by atoms with E-state index in [0.29, 0.717) is 19.5 Å². The summed E-state index contributed by atoms with van der Waals surface area (Å²) in [4.78, 5) is 24.5. The number of rotatable bonds is 2. The molecule has 1 saturated heterocycles. The number of amides is 2. The number of aliphatic carboxylic acids is 1. The Hall–Kier alpha value is -1.26. The quantitative estimate of drug-likeness (QED) is 0.785. The van der Waals surface area contributed by atoms with Crippen LogP contribution in [0.1, 0.15) is 34.1 Å². The molecule has 1 atom stereocenters. The maximum Gasteiger partial charge on any atom is 0.317 e. The fourth-order valence-corrected chi connectivity index (χ4v) is 2.92. The number of carboxylic acids is 1. The van der Waals surface area contributed by atoms with E-state index in [1.54, 1.807) is 4.90 Å². The van der Waals surface area contributed by atoms with E-state index in [2.05, 4.69) is 33.0 Å². The minimum absolute atomic E-state index is 0.106. The van der Waals surface area contributed by atoms with Crippen molar-refractivity contribution in [3.05, 3.63) is 0 Å². The van der Waals surface area contributed by atoms with Crippen LogP contribution in [-0.2, 0) is 4.79 Å². The van der Waals surface area contributed by atoms with Crippen molar-refractivity contribution in [1.29, 1.82) is 0 Å². The predicted molar refractivity (Wildman–Crippen MR) is 67.2 cm³/mol. The first-order chi connectivity index (χ1) is 8.18. The summed E-state index contributed by atoms with van der Waals surface area (Å²) in [5.41, 5.74) is 0.211. The Morgan fingerprint density at radius 1 is 1.22 bits per heavy atom. The number of carbonyl (C=O) groups is 2. The topological polar surface area (TPSA) is 69.6 Å². The lowest BCUT2D eigenvalue weighted by Crippen LogP contribution is -2.41. The molecule has 2 amide bonds. The summed E-state index contributed by atoms with van der Waals surface area (Å²) in [6.07, 6.45) is 0.556. The van der Waals surface area contributed by atoms with Crippen molar-refractivity contribution >= 4 is 12.0 Å². The van der Waals surface area contributed by atoms with E-state index in [1.165, 1.54) is 0 Å². The van der Waals surface area contributed by atoms with Crippen LogP contribution in [0, 0.1) is 16.7 Å². The first kappa shape index (κ1) is 13.2. The normalized spacial score (nSPS) is 29.1. The standard InChI is InChI=1S/C13H22N2O3/c1-12(2)10(13(12,3)4)14-11(18)15-6-5-8(7-15)9(16)17/h8,10H,5-7H2,1-4H3,(H,14,18)(H,16,17). The lowest BCUT2D eigenvalue weighted by atomic mass is 10.0. The van der Waals surface area contributed by atoms with Crippen LogP contribution in [-0.4, -0.2) is 41.1 Å². The highest BCUT2D eigenvalue weighted by Gasteiger charge is 2.65. The van der Waals surface area contributed by atoms with Crippen LogP contribution in [0.25, 0.3) is 0 Å². The molecule has 2 N–H and O–H groups in total. The molecule has 2 rings (SSSR count). The van der Waals surface area contributed by atoms with Gasteiger partial charge in [0.15, 0.2) is 0 Å². The second kappa shape index (κ2) is 3.87. The highest BCUT2D eigenvalue weighted by atomic mass is 16.4. The third-order valence-electron chi connectivity index (χ3n) is 5.11. The number of carbonyl (C=O) groups excluding carboxylic acids is 1. The summed E-state index contributed by atoms with van der Waals surface area (Å²) >= 11 is 0. The van der Waals surface area contributed by atoms with Gasteiger partial charge in [-0.25, -0.2) is 4.79 Å². The molecule has 1 unspecified atom stereocenters. The highest BCUT2D eigenvalue weighted by molar-refractivity contribution is 5.78. The molecule has 18 heavy (non-hydrogen) atoms. The van der Waals surface area contributed by atoms with Crippen molar-refractivity contribution in [3.63, 3.8) is 0 Å². The molecule has 0 bridgehead atoms. The first-order valence-electron chi connectivity index (χ1n) is 6.46. The van der Waals surface area contributed by atoms with E-state index in [1.807, 2.05) is 0 Å². The minimum atomic E-state index is -0.808. The van der Waals surface area contributed by atoms with E-state index in [-0.39, 0.29) is 22.9 Å². The monoisotopic (exact) mass is 254 g/mol. The van der Waals surface area contributed by atoms with E-state index < -0.39 is 11.9 Å². The average molecular weight is 254 g/mol. The van der Waals surface area contributed by atoms with Crippen molar-refractivity contribution in [2.24, 2.45) is 16.7 Å². The molecule has 0 radical (unpaired) electrons. The fraction of sp³-hybridized carbons (Fsp3) is 0.846. The van der Waals surface area contributed by atoms with E-state index >= 15 is 0 Å². The molecule has 2 aliphatic rings. The third kappa shape index (κ3) is 1.85. The van der Waals surface area contributed by atoms with E-state index in [0.717, 1.165) is 0 Å². The van der Waals surface area contributed by atoms with Gasteiger partial charge in [0.1, 0.15) is 0 Å². The molecule has 1 saturated carbocycles. The number of likely N-dealkylation sites (tertiary alicyclic amines) is 1. The summed E-state index contributed by atoms with van der Waals surface area (Å²) in [5.74, 6) is -1.21. The molecule has 1 aliphatic heterocycles. The highest BCUT2D eigenvalue weighted by Crippen LogP contribution is 2.62. The Labute approximate surface area is 108 Å².